The minimum atomic E-state index is -3.80. The number of benzene rings is 2. The Kier molecular flexibility index (Phi) is 7.11. The number of hydrogen-bond donors (Lipinski definition) is 0. The Labute approximate surface area is 176 Å². The number of unbranched alkanes of at least 4 members (excludes halogenated alkanes) is 2. The average molecular weight is 440 g/mol. The summed E-state index contributed by atoms with van der Waals surface area (Å²) in [5, 5.41) is 0. The van der Waals surface area contributed by atoms with E-state index < -0.39 is 28.7 Å². The molecule has 0 saturated heterocycles. The number of fused-ring (bicyclic) bond motifs is 3. The van der Waals surface area contributed by atoms with Gasteiger partial charge in [-0.1, -0.05) is 38.9 Å². The molecule has 163 valence electrons. The summed E-state index contributed by atoms with van der Waals surface area (Å²) in [4.78, 5) is 0. The van der Waals surface area contributed by atoms with E-state index in [9.17, 15) is 8.78 Å². The topological polar surface area (TPSA) is 18.5 Å². The van der Waals surface area contributed by atoms with Crippen LogP contribution in [0.3, 0.4) is 0 Å². The molecule has 0 heterocycles. The van der Waals surface area contributed by atoms with Crippen LogP contribution in [0.4, 0.5) is 17.6 Å². The average Bonchev–Trinajstić information content (AvgIpc) is 2.93. The third-order valence-corrected chi connectivity index (χ3v) is 6.53. The SMILES string of the molecule is CCCOc1ccc2c(c1F)C(F)(F)c1c-2ccc(OCCCCC[Si](C)C)c1F. The molecule has 1 aliphatic carbocycles. The first kappa shape index (κ1) is 22.7. The Morgan fingerprint density at radius 1 is 0.800 bits per heavy atom. The third kappa shape index (κ3) is 4.36. The summed E-state index contributed by atoms with van der Waals surface area (Å²) >= 11 is 0. The van der Waals surface area contributed by atoms with Crippen LogP contribution in [-0.2, 0) is 5.92 Å². The predicted octanol–water partition coefficient (Wildman–Crippen LogP) is 7.18. The minimum Gasteiger partial charge on any atom is -0.491 e. The molecular formula is C23H27F4O2Si. The molecule has 7 heteroatoms. The Morgan fingerprint density at radius 2 is 1.33 bits per heavy atom. The fourth-order valence-corrected chi connectivity index (χ4v) is 4.63. The van der Waals surface area contributed by atoms with Gasteiger partial charge in [-0.05, 0) is 48.2 Å². The molecule has 0 amide bonds. The summed E-state index contributed by atoms with van der Waals surface area (Å²) in [6, 6.07) is 6.61. The number of hydrogen-bond acceptors (Lipinski definition) is 2. The molecule has 0 aliphatic heterocycles. The molecule has 2 nitrogen and oxygen atoms in total. The lowest BCUT2D eigenvalue weighted by molar-refractivity contribution is 0.0392. The highest BCUT2D eigenvalue weighted by atomic mass is 28.3. The van der Waals surface area contributed by atoms with Crippen molar-refractivity contribution in [1.29, 1.82) is 0 Å². The van der Waals surface area contributed by atoms with Crippen molar-refractivity contribution in [2.75, 3.05) is 13.2 Å². The van der Waals surface area contributed by atoms with Gasteiger partial charge in [-0.3, -0.25) is 0 Å². The molecule has 0 atom stereocenters. The van der Waals surface area contributed by atoms with Gasteiger partial charge in [-0.2, -0.15) is 8.78 Å². The van der Waals surface area contributed by atoms with E-state index in [-0.39, 0.29) is 44.6 Å². The highest BCUT2D eigenvalue weighted by molar-refractivity contribution is 6.55. The Morgan fingerprint density at radius 3 is 1.83 bits per heavy atom. The van der Waals surface area contributed by atoms with E-state index in [0.717, 1.165) is 19.3 Å². The van der Waals surface area contributed by atoms with Crippen LogP contribution in [0.15, 0.2) is 24.3 Å². The second-order valence-electron chi connectivity index (χ2n) is 7.89. The Bertz CT molecular complexity index is 899. The van der Waals surface area contributed by atoms with Crippen molar-refractivity contribution in [2.24, 2.45) is 0 Å². The molecule has 0 spiro atoms. The van der Waals surface area contributed by atoms with Gasteiger partial charge in [0.15, 0.2) is 23.1 Å². The number of rotatable bonds is 10. The monoisotopic (exact) mass is 439 g/mol. The normalized spacial score (nSPS) is 14.0. The molecule has 3 rings (SSSR count). The maximum absolute atomic E-state index is 15.1. The molecule has 0 N–H and O–H groups in total. The molecule has 0 unspecified atom stereocenters. The van der Waals surface area contributed by atoms with Crippen molar-refractivity contribution in [1.82, 2.24) is 0 Å². The standard InChI is InChI=1S/C23H27F4O2Si/c1-4-12-28-17-10-8-15-16-9-11-18(29-13-6-5-7-14-30(2)3)22(25)20(16)23(26,27)19(15)21(17)24/h8-11H,4-7,12-14H2,1-3H3. The molecule has 30 heavy (non-hydrogen) atoms. The van der Waals surface area contributed by atoms with Crippen LogP contribution in [-0.4, -0.2) is 22.0 Å². The van der Waals surface area contributed by atoms with Crippen molar-refractivity contribution >= 4 is 8.80 Å². The van der Waals surface area contributed by atoms with E-state index in [2.05, 4.69) is 13.1 Å². The predicted molar refractivity (Wildman–Crippen MR) is 112 cm³/mol. The minimum absolute atomic E-state index is 0.0126. The van der Waals surface area contributed by atoms with Gasteiger partial charge in [0, 0.05) is 8.80 Å². The molecule has 1 radical (unpaired) electrons. The highest BCUT2D eigenvalue weighted by Crippen LogP contribution is 2.55. The molecule has 0 saturated carbocycles. The van der Waals surface area contributed by atoms with Gasteiger partial charge in [0.05, 0.1) is 24.3 Å². The van der Waals surface area contributed by atoms with Crippen LogP contribution < -0.4 is 9.47 Å². The zero-order valence-corrected chi connectivity index (χ0v) is 18.6. The summed E-state index contributed by atoms with van der Waals surface area (Å²) in [5.41, 5.74) is -1.69. The van der Waals surface area contributed by atoms with E-state index in [1.807, 2.05) is 6.92 Å². The van der Waals surface area contributed by atoms with E-state index in [1.54, 1.807) is 0 Å². The second-order valence-corrected chi connectivity index (χ2v) is 10.8. The van der Waals surface area contributed by atoms with E-state index in [4.69, 9.17) is 9.47 Å². The maximum atomic E-state index is 15.1. The van der Waals surface area contributed by atoms with E-state index in [1.165, 1.54) is 30.3 Å². The lowest BCUT2D eigenvalue weighted by Crippen LogP contribution is -2.16. The molecule has 0 aromatic heterocycles. The Hall–Kier alpha value is -2.02. The van der Waals surface area contributed by atoms with Crippen LogP contribution in [0.5, 0.6) is 11.5 Å². The van der Waals surface area contributed by atoms with Crippen molar-refractivity contribution in [3.05, 3.63) is 47.0 Å². The first-order chi connectivity index (χ1) is 14.3. The van der Waals surface area contributed by atoms with Crippen LogP contribution in [0.2, 0.25) is 19.1 Å². The largest absolute Gasteiger partial charge is 0.491 e. The molecule has 1 aliphatic rings. The van der Waals surface area contributed by atoms with Gasteiger partial charge in [0.2, 0.25) is 0 Å². The Balaban J connectivity index is 1.81. The van der Waals surface area contributed by atoms with Crippen LogP contribution in [0.25, 0.3) is 11.1 Å². The first-order valence-electron chi connectivity index (χ1n) is 10.4. The quantitative estimate of drug-likeness (QED) is 0.222. The number of alkyl halides is 2. The number of ether oxygens (including phenoxy) is 2. The second kappa shape index (κ2) is 9.41. The summed E-state index contributed by atoms with van der Waals surface area (Å²) in [6.45, 7) is 6.80. The molecule has 0 fully saturated rings. The molecule has 2 aromatic carbocycles. The van der Waals surface area contributed by atoms with E-state index >= 15 is 8.78 Å². The summed E-state index contributed by atoms with van der Waals surface area (Å²) in [6.07, 6.45) is 3.39. The van der Waals surface area contributed by atoms with Gasteiger partial charge in [0.1, 0.15) is 0 Å². The summed E-state index contributed by atoms with van der Waals surface area (Å²) in [5.74, 6) is -6.54. The lowest BCUT2D eigenvalue weighted by Gasteiger charge is -2.16. The molecular weight excluding hydrogens is 412 g/mol. The third-order valence-electron chi connectivity index (χ3n) is 5.17. The zero-order valence-electron chi connectivity index (χ0n) is 17.6. The van der Waals surface area contributed by atoms with Crippen LogP contribution in [0, 0.1) is 11.6 Å². The smallest absolute Gasteiger partial charge is 0.305 e. The van der Waals surface area contributed by atoms with E-state index in [0.29, 0.717) is 6.42 Å². The summed E-state index contributed by atoms with van der Waals surface area (Å²) < 4.78 is 70.7. The van der Waals surface area contributed by atoms with Crippen molar-refractivity contribution < 1.29 is 27.0 Å². The van der Waals surface area contributed by atoms with Gasteiger partial charge >= 0.3 is 5.92 Å². The first-order valence-corrected chi connectivity index (χ1v) is 13.1. The lowest BCUT2D eigenvalue weighted by atomic mass is 10.0. The number of halogens is 4. The molecule has 0 bridgehead atoms. The van der Waals surface area contributed by atoms with Gasteiger partial charge in [-0.25, -0.2) is 8.78 Å². The van der Waals surface area contributed by atoms with Gasteiger partial charge < -0.3 is 9.47 Å². The van der Waals surface area contributed by atoms with Crippen molar-refractivity contribution in [3.8, 4) is 22.6 Å². The van der Waals surface area contributed by atoms with Crippen molar-refractivity contribution in [2.45, 2.75) is 57.7 Å². The fraction of sp³-hybridized carbons (Fsp3) is 0.478. The fourth-order valence-electron chi connectivity index (χ4n) is 3.68. The highest BCUT2D eigenvalue weighted by Gasteiger charge is 2.50. The molecule has 2 aromatic rings. The van der Waals surface area contributed by atoms with Crippen molar-refractivity contribution in [3.63, 3.8) is 0 Å². The van der Waals surface area contributed by atoms with Gasteiger partial charge in [-0.15, -0.1) is 0 Å². The van der Waals surface area contributed by atoms with Crippen LogP contribution >= 0.6 is 0 Å². The maximum Gasteiger partial charge on any atom is 0.305 e. The summed E-state index contributed by atoms with van der Waals surface area (Å²) in [7, 11) is -0.261. The van der Waals surface area contributed by atoms with Gasteiger partial charge in [0.25, 0.3) is 0 Å². The zero-order chi connectivity index (χ0) is 21.9. The van der Waals surface area contributed by atoms with Crippen LogP contribution in [0.1, 0.15) is 43.7 Å².